The summed E-state index contributed by atoms with van der Waals surface area (Å²) in [6.07, 6.45) is 6.45. The maximum atomic E-state index is 9.28. The molecule has 0 radical (unpaired) electrons. The molecule has 0 aliphatic carbocycles. The Labute approximate surface area is 154 Å². The first-order chi connectivity index (χ1) is 10.0. The second kappa shape index (κ2) is 19.0. The average molecular weight is 431 g/mol. The van der Waals surface area contributed by atoms with Crippen LogP contribution in [0.4, 0.5) is 4.79 Å². The Balaban J connectivity index is -0.000000520. The third-order valence-electron chi connectivity index (χ3n) is 3.74. The molecule has 5 nitrogen and oxygen atoms in total. The number of carbonyl (C=O) groups is 1. The van der Waals surface area contributed by atoms with E-state index in [0.717, 1.165) is 11.0 Å². The lowest BCUT2D eigenvalue weighted by molar-refractivity contribution is -0.929. The molecule has 0 bridgehead atoms. The number of hydrogen-bond acceptors (Lipinski definition) is 3. The summed E-state index contributed by atoms with van der Waals surface area (Å²) in [6, 6.07) is 0. The van der Waals surface area contributed by atoms with Gasteiger partial charge in [-0.2, -0.15) is 0 Å². The fourth-order valence-corrected chi connectivity index (χ4v) is 2.36. The van der Waals surface area contributed by atoms with Crippen molar-refractivity contribution in [2.75, 3.05) is 39.8 Å². The first-order valence-corrected chi connectivity index (χ1v) is 8.36. The Kier molecular flexibility index (Phi) is 23.1. The number of amides is 1. The molecule has 0 aromatic rings. The van der Waals surface area contributed by atoms with Gasteiger partial charge in [-0.15, -0.1) is 0 Å². The number of nitrogens with zero attached hydrogens (tertiary/aromatic N) is 1. The van der Waals surface area contributed by atoms with E-state index in [4.69, 9.17) is 9.90 Å². The van der Waals surface area contributed by atoms with Crippen LogP contribution in [-0.2, 0) is 0 Å². The highest BCUT2D eigenvalue weighted by molar-refractivity contribution is 5.61. The lowest BCUT2D eigenvalue weighted by Crippen LogP contribution is -3.00. The first kappa shape index (κ1) is 26.8. The van der Waals surface area contributed by atoms with E-state index >= 15 is 0 Å². The van der Waals surface area contributed by atoms with E-state index in [1.807, 2.05) is 5.32 Å². The standard InChI is InChI=1S/C14H32NO.C2H5NO2.HI/c1-4-7-10-15(13-14-16,11-8-5-2)12-9-6-3;1-3-2(4)5;/h16H,4-14H2,1-3H3;3H,1H3,(H,4,5);1H/q+1;;/p-2. The average Bonchev–Trinajstić information content (AvgIpc) is 2.49. The van der Waals surface area contributed by atoms with E-state index in [1.165, 1.54) is 65.2 Å². The van der Waals surface area contributed by atoms with Crippen LogP contribution >= 0.6 is 0 Å². The maximum Gasteiger partial charge on any atom is 0.133 e. The van der Waals surface area contributed by atoms with Crippen molar-refractivity contribution in [1.29, 1.82) is 0 Å². The zero-order valence-electron chi connectivity index (χ0n) is 14.9. The summed E-state index contributed by atoms with van der Waals surface area (Å²) in [7, 11) is 1.29. The van der Waals surface area contributed by atoms with Crippen molar-refractivity contribution in [3.63, 3.8) is 0 Å². The SMILES string of the molecule is CCCC[N+](CCO)(CCCC)CCCC.CNC(=O)[O-].[I-]. The number of quaternary nitrogens is 1. The fraction of sp³-hybridized carbons (Fsp3) is 0.938. The minimum absolute atomic E-state index is 0. The number of aliphatic hydroxyl groups excluding tert-OH is 1. The van der Waals surface area contributed by atoms with E-state index in [1.54, 1.807) is 0 Å². The Hall–Kier alpha value is -0.0800. The summed E-state index contributed by atoms with van der Waals surface area (Å²) < 4.78 is 1.16. The summed E-state index contributed by atoms with van der Waals surface area (Å²) in [5.74, 6) is 0. The molecule has 6 heteroatoms. The fourth-order valence-electron chi connectivity index (χ4n) is 2.36. The smallest absolute Gasteiger partial charge is 0.133 e. The van der Waals surface area contributed by atoms with Crippen molar-refractivity contribution < 1.29 is 43.5 Å². The van der Waals surface area contributed by atoms with Crippen LogP contribution in [0.5, 0.6) is 0 Å². The van der Waals surface area contributed by atoms with Crippen LogP contribution in [-0.4, -0.2) is 55.5 Å². The highest BCUT2D eigenvalue weighted by Gasteiger charge is 2.24. The van der Waals surface area contributed by atoms with Gasteiger partial charge < -0.3 is 48.8 Å². The van der Waals surface area contributed by atoms with Crippen LogP contribution in [0.3, 0.4) is 0 Å². The number of aliphatic hydroxyl groups is 1. The molecule has 0 unspecified atom stereocenters. The van der Waals surface area contributed by atoms with Crippen molar-refractivity contribution in [1.82, 2.24) is 5.32 Å². The molecular formula is C16H36IN2O3-. The Morgan fingerprint density at radius 3 is 1.45 bits per heavy atom. The number of unbranched alkanes of at least 4 members (excludes halogenated alkanes) is 3. The van der Waals surface area contributed by atoms with E-state index < -0.39 is 6.09 Å². The molecule has 0 saturated carbocycles. The van der Waals surface area contributed by atoms with Crippen molar-refractivity contribution in [3.8, 4) is 0 Å². The van der Waals surface area contributed by atoms with Crippen LogP contribution in [0.25, 0.3) is 0 Å². The normalized spacial score (nSPS) is 10.2. The summed E-state index contributed by atoms with van der Waals surface area (Å²) in [5.41, 5.74) is 0. The number of hydrogen-bond donors (Lipinski definition) is 2. The second-order valence-corrected chi connectivity index (χ2v) is 5.56. The van der Waals surface area contributed by atoms with Gasteiger partial charge in [0.2, 0.25) is 0 Å². The summed E-state index contributed by atoms with van der Waals surface area (Å²) in [5, 5.41) is 20.3. The molecular weight excluding hydrogens is 395 g/mol. The summed E-state index contributed by atoms with van der Waals surface area (Å²) in [4.78, 5) is 9.15. The van der Waals surface area contributed by atoms with Crippen molar-refractivity contribution in [2.24, 2.45) is 0 Å². The highest BCUT2D eigenvalue weighted by atomic mass is 127. The van der Waals surface area contributed by atoms with E-state index in [2.05, 4.69) is 20.8 Å². The summed E-state index contributed by atoms with van der Waals surface area (Å²) >= 11 is 0. The monoisotopic (exact) mass is 431 g/mol. The Bertz CT molecular complexity index is 220. The molecule has 0 spiro atoms. The topological polar surface area (TPSA) is 72.4 Å². The molecule has 0 saturated heterocycles. The van der Waals surface area contributed by atoms with Gasteiger partial charge in [-0.1, -0.05) is 40.0 Å². The van der Waals surface area contributed by atoms with Gasteiger partial charge in [0.05, 0.1) is 26.2 Å². The molecule has 0 aromatic carbocycles. The van der Waals surface area contributed by atoms with Gasteiger partial charge >= 0.3 is 0 Å². The number of halogens is 1. The van der Waals surface area contributed by atoms with Crippen LogP contribution in [0.2, 0.25) is 0 Å². The van der Waals surface area contributed by atoms with Crippen LogP contribution < -0.4 is 34.4 Å². The lowest BCUT2D eigenvalue weighted by Gasteiger charge is -2.38. The number of rotatable bonds is 11. The molecule has 22 heavy (non-hydrogen) atoms. The Morgan fingerprint density at radius 1 is 0.955 bits per heavy atom. The van der Waals surface area contributed by atoms with Gasteiger partial charge in [-0.05, 0) is 19.3 Å². The van der Waals surface area contributed by atoms with E-state index in [9.17, 15) is 5.11 Å². The molecule has 0 fully saturated rings. The van der Waals surface area contributed by atoms with E-state index in [0.29, 0.717) is 6.61 Å². The van der Waals surface area contributed by atoms with Crippen LogP contribution in [0.1, 0.15) is 59.3 Å². The highest BCUT2D eigenvalue weighted by Crippen LogP contribution is 2.14. The third-order valence-corrected chi connectivity index (χ3v) is 3.74. The largest absolute Gasteiger partial charge is 1.00 e. The predicted molar refractivity (Wildman–Crippen MR) is 86.0 cm³/mol. The van der Waals surface area contributed by atoms with Gasteiger partial charge in [-0.25, -0.2) is 0 Å². The third kappa shape index (κ3) is 16.3. The zero-order valence-corrected chi connectivity index (χ0v) is 17.0. The minimum Gasteiger partial charge on any atom is -1.00 e. The van der Waals surface area contributed by atoms with Crippen molar-refractivity contribution >= 4 is 6.09 Å². The summed E-state index contributed by atoms with van der Waals surface area (Å²) in [6.45, 7) is 11.9. The van der Waals surface area contributed by atoms with Gasteiger partial charge in [0.25, 0.3) is 0 Å². The molecule has 136 valence electrons. The molecule has 2 N–H and O–H groups in total. The maximum absolute atomic E-state index is 9.28. The molecule has 0 aliphatic rings. The minimum atomic E-state index is -1.25. The number of carbonyl (C=O) groups excluding carboxylic acids is 1. The Morgan fingerprint density at radius 2 is 1.27 bits per heavy atom. The molecule has 0 rings (SSSR count). The van der Waals surface area contributed by atoms with Gasteiger partial charge in [0.15, 0.2) is 0 Å². The van der Waals surface area contributed by atoms with Crippen molar-refractivity contribution in [3.05, 3.63) is 0 Å². The first-order valence-electron chi connectivity index (χ1n) is 8.36. The van der Waals surface area contributed by atoms with Crippen molar-refractivity contribution in [2.45, 2.75) is 59.3 Å². The second-order valence-electron chi connectivity index (χ2n) is 5.56. The van der Waals surface area contributed by atoms with E-state index in [-0.39, 0.29) is 24.0 Å². The molecule has 0 aromatic heterocycles. The molecule has 0 heterocycles. The quantitative estimate of drug-likeness (QED) is 0.317. The molecule has 0 aliphatic heterocycles. The predicted octanol–water partition coefficient (Wildman–Crippen LogP) is -1.25. The van der Waals surface area contributed by atoms with Gasteiger partial charge in [0.1, 0.15) is 12.6 Å². The van der Waals surface area contributed by atoms with Gasteiger partial charge in [0, 0.05) is 7.05 Å². The molecule has 0 atom stereocenters. The lowest BCUT2D eigenvalue weighted by atomic mass is 10.1. The molecule has 1 amide bonds. The zero-order chi connectivity index (χ0) is 16.6. The van der Waals surface area contributed by atoms with Crippen LogP contribution in [0, 0.1) is 0 Å². The van der Waals surface area contributed by atoms with Crippen LogP contribution in [0.15, 0.2) is 0 Å². The number of nitrogens with one attached hydrogen (secondary N) is 1. The van der Waals surface area contributed by atoms with Gasteiger partial charge in [-0.3, -0.25) is 0 Å². The number of carboxylic acid groups (broad SMARTS) is 1.